The second-order valence-corrected chi connectivity index (χ2v) is 4.16. The van der Waals surface area contributed by atoms with Crippen molar-refractivity contribution in [3.8, 4) is 0 Å². The lowest BCUT2D eigenvalue weighted by atomic mass is 10.2. The largest absolute Gasteiger partial charge is 0.396 e. The number of nitrogen functional groups attached to an aromatic ring is 1. The van der Waals surface area contributed by atoms with Crippen molar-refractivity contribution in [1.82, 2.24) is 14.7 Å². The van der Waals surface area contributed by atoms with Crippen molar-refractivity contribution in [3.05, 3.63) is 11.9 Å². The SMILES string of the molecule is CCN(C(=O)c1c(N)cnn1CC)C(C)COC. The fourth-order valence-corrected chi connectivity index (χ4v) is 2.00. The van der Waals surface area contributed by atoms with Crippen LogP contribution in [0.15, 0.2) is 6.20 Å². The monoisotopic (exact) mass is 254 g/mol. The third-order valence-corrected chi connectivity index (χ3v) is 2.91. The van der Waals surface area contributed by atoms with Gasteiger partial charge >= 0.3 is 0 Å². The number of carbonyl (C=O) groups is 1. The van der Waals surface area contributed by atoms with E-state index in [4.69, 9.17) is 10.5 Å². The molecule has 0 aliphatic carbocycles. The summed E-state index contributed by atoms with van der Waals surface area (Å²) in [7, 11) is 1.62. The van der Waals surface area contributed by atoms with Gasteiger partial charge in [0.1, 0.15) is 5.69 Å². The predicted molar refractivity (Wildman–Crippen MR) is 70.4 cm³/mol. The number of nitrogens with two attached hydrogens (primary N) is 1. The molecule has 1 atom stereocenters. The van der Waals surface area contributed by atoms with Crippen molar-refractivity contribution in [1.29, 1.82) is 0 Å². The molecule has 6 heteroatoms. The minimum Gasteiger partial charge on any atom is -0.396 e. The summed E-state index contributed by atoms with van der Waals surface area (Å²) in [4.78, 5) is 14.2. The molecule has 6 nitrogen and oxygen atoms in total. The van der Waals surface area contributed by atoms with Crippen LogP contribution in [0.25, 0.3) is 0 Å². The first-order valence-electron chi connectivity index (χ1n) is 6.17. The number of nitrogens with zero attached hydrogens (tertiary/aromatic N) is 3. The van der Waals surface area contributed by atoms with E-state index in [1.807, 2.05) is 20.8 Å². The Hall–Kier alpha value is -1.56. The molecule has 1 unspecified atom stereocenters. The molecular formula is C12H22N4O2. The van der Waals surface area contributed by atoms with Crippen LogP contribution in [-0.2, 0) is 11.3 Å². The number of ether oxygens (including phenoxy) is 1. The first-order valence-corrected chi connectivity index (χ1v) is 6.17. The van der Waals surface area contributed by atoms with Crippen molar-refractivity contribution >= 4 is 11.6 Å². The van der Waals surface area contributed by atoms with Gasteiger partial charge in [0.2, 0.25) is 0 Å². The summed E-state index contributed by atoms with van der Waals surface area (Å²) in [6, 6.07) is 0.00658. The van der Waals surface area contributed by atoms with Crippen LogP contribution in [0.5, 0.6) is 0 Å². The second kappa shape index (κ2) is 6.39. The maximum Gasteiger partial charge on any atom is 0.274 e. The van der Waals surface area contributed by atoms with E-state index >= 15 is 0 Å². The van der Waals surface area contributed by atoms with Crippen molar-refractivity contribution < 1.29 is 9.53 Å². The summed E-state index contributed by atoms with van der Waals surface area (Å²) in [5.41, 5.74) is 6.70. The van der Waals surface area contributed by atoms with Crippen LogP contribution in [-0.4, -0.2) is 46.9 Å². The lowest BCUT2D eigenvalue weighted by Crippen LogP contribution is -2.42. The number of aromatic nitrogens is 2. The number of likely N-dealkylation sites (N-methyl/N-ethyl adjacent to an activating group) is 1. The summed E-state index contributed by atoms with van der Waals surface area (Å²) in [5.74, 6) is -0.0982. The van der Waals surface area contributed by atoms with E-state index in [-0.39, 0.29) is 11.9 Å². The van der Waals surface area contributed by atoms with Gasteiger partial charge in [-0.1, -0.05) is 0 Å². The average molecular weight is 254 g/mol. The summed E-state index contributed by atoms with van der Waals surface area (Å²) in [6.07, 6.45) is 1.52. The summed E-state index contributed by atoms with van der Waals surface area (Å²) in [6.45, 7) is 7.55. The number of rotatable bonds is 6. The van der Waals surface area contributed by atoms with Crippen molar-refractivity contribution in [2.45, 2.75) is 33.4 Å². The van der Waals surface area contributed by atoms with Gasteiger partial charge in [-0.25, -0.2) is 0 Å². The van der Waals surface area contributed by atoms with E-state index in [1.54, 1.807) is 16.7 Å². The smallest absolute Gasteiger partial charge is 0.274 e. The number of amides is 1. The van der Waals surface area contributed by atoms with E-state index in [0.717, 1.165) is 0 Å². The van der Waals surface area contributed by atoms with E-state index in [2.05, 4.69) is 5.10 Å². The number of anilines is 1. The van der Waals surface area contributed by atoms with Gasteiger partial charge in [-0.05, 0) is 20.8 Å². The molecule has 1 heterocycles. The van der Waals surface area contributed by atoms with E-state index < -0.39 is 0 Å². The van der Waals surface area contributed by atoms with Gasteiger partial charge in [-0.2, -0.15) is 5.10 Å². The Morgan fingerprint density at radius 1 is 1.61 bits per heavy atom. The molecular weight excluding hydrogens is 232 g/mol. The zero-order valence-corrected chi connectivity index (χ0v) is 11.5. The maximum atomic E-state index is 12.5. The first-order chi connectivity index (χ1) is 8.56. The van der Waals surface area contributed by atoms with Crippen LogP contribution in [0, 0.1) is 0 Å². The fraction of sp³-hybridized carbons (Fsp3) is 0.667. The second-order valence-electron chi connectivity index (χ2n) is 4.16. The highest BCUT2D eigenvalue weighted by Gasteiger charge is 2.25. The molecule has 0 aliphatic heterocycles. The Bertz CT molecular complexity index is 403. The Morgan fingerprint density at radius 2 is 2.28 bits per heavy atom. The molecule has 0 aliphatic rings. The Labute approximate surface area is 108 Å². The van der Waals surface area contributed by atoms with Crippen molar-refractivity contribution in [2.24, 2.45) is 0 Å². The third-order valence-electron chi connectivity index (χ3n) is 2.91. The summed E-state index contributed by atoms with van der Waals surface area (Å²) >= 11 is 0. The summed E-state index contributed by atoms with van der Waals surface area (Å²) < 4.78 is 6.72. The Balaban J connectivity index is 2.99. The van der Waals surface area contributed by atoms with Gasteiger partial charge in [-0.15, -0.1) is 0 Å². The number of hydrogen-bond acceptors (Lipinski definition) is 4. The highest BCUT2D eigenvalue weighted by molar-refractivity contribution is 5.97. The summed E-state index contributed by atoms with van der Waals surface area (Å²) in [5, 5.41) is 4.09. The molecule has 0 saturated carbocycles. The van der Waals surface area contributed by atoms with Gasteiger partial charge in [0.25, 0.3) is 5.91 Å². The molecule has 0 fully saturated rings. The molecule has 1 aromatic heterocycles. The molecule has 2 N–H and O–H groups in total. The fourth-order valence-electron chi connectivity index (χ4n) is 2.00. The van der Waals surface area contributed by atoms with E-state index in [1.165, 1.54) is 6.20 Å². The normalized spacial score (nSPS) is 12.4. The Kier molecular flexibility index (Phi) is 5.15. The van der Waals surface area contributed by atoms with Gasteiger partial charge in [0, 0.05) is 20.2 Å². The molecule has 0 saturated heterocycles. The van der Waals surface area contributed by atoms with Crippen LogP contribution >= 0.6 is 0 Å². The molecule has 0 radical (unpaired) electrons. The molecule has 1 aromatic rings. The molecule has 18 heavy (non-hydrogen) atoms. The van der Waals surface area contributed by atoms with Crippen LogP contribution in [0.4, 0.5) is 5.69 Å². The highest BCUT2D eigenvalue weighted by Crippen LogP contribution is 2.15. The van der Waals surface area contributed by atoms with Gasteiger partial charge in [0.15, 0.2) is 0 Å². The predicted octanol–water partition coefficient (Wildman–Crippen LogP) is 0.982. The van der Waals surface area contributed by atoms with Crippen LogP contribution < -0.4 is 5.73 Å². The van der Waals surface area contributed by atoms with Crippen molar-refractivity contribution in [2.75, 3.05) is 26.0 Å². The van der Waals surface area contributed by atoms with E-state index in [9.17, 15) is 4.79 Å². The maximum absolute atomic E-state index is 12.5. The molecule has 0 bridgehead atoms. The molecule has 0 spiro atoms. The van der Waals surface area contributed by atoms with Crippen LogP contribution in [0.2, 0.25) is 0 Å². The highest BCUT2D eigenvalue weighted by atomic mass is 16.5. The number of hydrogen-bond donors (Lipinski definition) is 1. The average Bonchev–Trinajstić information content (AvgIpc) is 2.71. The van der Waals surface area contributed by atoms with Gasteiger partial charge in [0.05, 0.1) is 24.5 Å². The lowest BCUT2D eigenvalue weighted by molar-refractivity contribution is 0.0568. The minimum atomic E-state index is -0.0982. The van der Waals surface area contributed by atoms with Gasteiger partial charge < -0.3 is 15.4 Å². The number of methoxy groups -OCH3 is 1. The van der Waals surface area contributed by atoms with Gasteiger partial charge in [-0.3, -0.25) is 9.48 Å². The zero-order valence-electron chi connectivity index (χ0n) is 11.5. The lowest BCUT2D eigenvalue weighted by Gasteiger charge is -2.27. The van der Waals surface area contributed by atoms with Crippen LogP contribution in [0.3, 0.4) is 0 Å². The zero-order chi connectivity index (χ0) is 13.7. The molecule has 1 rings (SSSR count). The van der Waals surface area contributed by atoms with Crippen LogP contribution in [0.1, 0.15) is 31.3 Å². The standard InChI is InChI=1S/C12H22N4O2/c1-5-15(9(3)8-18-4)12(17)11-10(13)7-14-16(11)6-2/h7,9H,5-6,8,13H2,1-4H3. The van der Waals surface area contributed by atoms with E-state index in [0.29, 0.717) is 31.1 Å². The first kappa shape index (κ1) is 14.5. The number of carbonyl (C=O) groups excluding carboxylic acids is 1. The third kappa shape index (κ3) is 2.81. The number of aryl methyl sites for hydroxylation is 1. The topological polar surface area (TPSA) is 73.4 Å². The van der Waals surface area contributed by atoms with Crippen molar-refractivity contribution in [3.63, 3.8) is 0 Å². The minimum absolute atomic E-state index is 0.00658. The molecule has 1 amide bonds. The molecule has 0 aromatic carbocycles. The quantitative estimate of drug-likeness (QED) is 0.821. The molecule has 102 valence electrons. The Morgan fingerprint density at radius 3 is 2.78 bits per heavy atom.